The van der Waals surface area contributed by atoms with Crippen LogP contribution in [0.25, 0.3) is 0 Å². The molecule has 0 radical (unpaired) electrons. The summed E-state index contributed by atoms with van der Waals surface area (Å²) in [5, 5.41) is 4.49. The molecule has 0 spiro atoms. The van der Waals surface area contributed by atoms with Gasteiger partial charge in [0, 0.05) is 28.2 Å². The number of hydrogen-bond donors (Lipinski definition) is 1. The quantitative estimate of drug-likeness (QED) is 0.402. The number of benzene rings is 2. The van der Waals surface area contributed by atoms with Crippen LogP contribution in [0.4, 0.5) is 0 Å². The molecule has 2 amide bonds. The normalized spacial score (nSPS) is 11.7. The third-order valence-electron chi connectivity index (χ3n) is 4.60. The fraction of sp³-hybridized carbons (Fsp3) is 0.364. The number of halogens is 4. The summed E-state index contributed by atoms with van der Waals surface area (Å²) in [7, 11) is 0. The molecule has 2 aromatic rings. The zero-order valence-electron chi connectivity index (χ0n) is 17.3. The number of unbranched alkanes of at least 4 members (excludes halogenated alkanes) is 1. The largest absolute Gasteiger partial charge is 0.482 e. The van der Waals surface area contributed by atoms with E-state index < -0.39 is 11.9 Å². The van der Waals surface area contributed by atoms with Gasteiger partial charge in [0.2, 0.25) is 5.91 Å². The molecule has 1 unspecified atom stereocenters. The number of ether oxygens (including phenoxy) is 1. The summed E-state index contributed by atoms with van der Waals surface area (Å²) in [4.78, 5) is 27.1. The van der Waals surface area contributed by atoms with Crippen molar-refractivity contribution in [1.29, 1.82) is 0 Å². The van der Waals surface area contributed by atoms with E-state index >= 15 is 0 Å². The molecule has 0 aliphatic rings. The molecule has 2 rings (SSSR count). The molecule has 0 bridgehead atoms. The van der Waals surface area contributed by atoms with Gasteiger partial charge in [0.05, 0.1) is 5.02 Å². The molecule has 168 valence electrons. The lowest BCUT2D eigenvalue weighted by Gasteiger charge is -2.29. The first-order valence-corrected chi connectivity index (χ1v) is 11.3. The molecule has 0 heterocycles. The van der Waals surface area contributed by atoms with Gasteiger partial charge in [0.15, 0.2) is 6.61 Å². The van der Waals surface area contributed by atoms with Crippen LogP contribution in [0.1, 0.15) is 32.3 Å². The van der Waals surface area contributed by atoms with E-state index in [-0.39, 0.29) is 24.1 Å². The second-order valence-electron chi connectivity index (χ2n) is 6.94. The molecule has 5 nitrogen and oxygen atoms in total. The second kappa shape index (κ2) is 12.4. The third kappa shape index (κ3) is 7.76. The number of rotatable bonds is 10. The molecular weight excluding hydrogens is 482 g/mol. The molecule has 9 heteroatoms. The van der Waals surface area contributed by atoms with Gasteiger partial charge in [-0.1, -0.05) is 65.8 Å². The first-order valence-electron chi connectivity index (χ1n) is 9.81. The van der Waals surface area contributed by atoms with Gasteiger partial charge in [-0.3, -0.25) is 9.59 Å². The van der Waals surface area contributed by atoms with E-state index in [0.29, 0.717) is 32.9 Å². The predicted molar refractivity (Wildman–Crippen MR) is 126 cm³/mol. The number of nitrogens with one attached hydrogen (secondary N) is 1. The highest BCUT2D eigenvalue weighted by atomic mass is 35.5. The zero-order valence-corrected chi connectivity index (χ0v) is 20.3. The van der Waals surface area contributed by atoms with E-state index in [2.05, 4.69) is 5.32 Å². The Morgan fingerprint density at radius 2 is 1.68 bits per heavy atom. The highest BCUT2D eigenvalue weighted by Gasteiger charge is 2.27. The Balaban J connectivity index is 2.18. The summed E-state index contributed by atoms with van der Waals surface area (Å²) in [5.74, 6) is -0.324. The molecule has 0 saturated heterocycles. The lowest BCUT2D eigenvalue weighted by Crippen LogP contribution is -2.49. The van der Waals surface area contributed by atoms with Crippen LogP contribution in [-0.2, 0) is 16.1 Å². The molecular formula is C22H24Cl4N2O3. The topological polar surface area (TPSA) is 58.6 Å². The van der Waals surface area contributed by atoms with Crippen LogP contribution >= 0.6 is 46.4 Å². The van der Waals surface area contributed by atoms with Crippen molar-refractivity contribution in [3.8, 4) is 5.75 Å². The van der Waals surface area contributed by atoms with Gasteiger partial charge in [-0.25, -0.2) is 0 Å². The molecule has 2 aromatic carbocycles. The lowest BCUT2D eigenvalue weighted by molar-refractivity contribution is -0.142. The predicted octanol–water partition coefficient (Wildman–Crippen LogP) is 6.01. The summed E-state index contributed by atoms with van der Waals surface area (Å²) in [5.41, 5.74) is 0.664. The molecule has 31 heavy (non-hydrogen) atoms. The average Bonchev–Trinajstić information content (AvgIpc) is 2.72. The molecule has 1 N–H and O–H groups in total. The zero-order chi connectivity index (χ0) is 23.0. The van der Waals surface area contributed by atoms with Crippen LogP contribution in [0, 0.1) is 0 Å². The molecule has 0 aromatic heterocycles. The Kier molecular flexibility index (Phi) is 10.2. The van der Waals surface area contributed by atoms with E-state index in [1.165, 1.54) is 11.0 Å². The minimum atomic E-state index is -0.736. The smallest absolute Gasteiger partial charge is 0.261 e. The van der Waals surface area contributed by atoms with Crippen molar-refractivity contribution in [3.05, 3.63) is 62.1 Å². The lowest BCUT2D eigenvalue weighted by atomic mass is 10.1. The molecule has 0 aliphatic heterocycles. The first kappa shape index (κ1) is 25.6. The molecule has 1 atom stereocenters. The van der Waals surface area contributed by atoms with Gasteiger partial charge in [-0.05, 0) is 49.2 Å². The fourth-order valence-corrected chi connectivity index (χ4v) is 3.70. The third-order valence-corrected chi connectivity index (χ3v) is 5.72. The number of nitrogens with zero attached hydrogens (tertiary/aromatic N) is 1. The van der Waals surface area contributed by atoms with Gasteiger partial charge in [0.25, 0.3) is 5.91 Å². The van der Waals surface area contributed by atoms with Crippen molar-refractivity contribution in [2.45, 2.75) is 39.3 Å². The highest BCUT2D eigenvalue weighted by molar-refractivity contribution is 6.35. The van der Waals surface area contributed by atoms with Crippen molar-refractivity contribution in [1.82, 2.24) is 10.2 Å². The maximum absolute atomic E-state index is 13.0. The van der Waals surface area contributed by atoms with E-state index in [4.69, 9.17) is 51.1 Å². The first-order chi connectivity index (χ1) is 14.7. The summed E-state index contributed by atoms with van der Waals surface area (Å²) < 4.78 is 5.58. The summed E-state index contributed by atoms with van der Waals surface area (Å²) in [6, 6.07) is 8.99. The Hall–Kier alpha value is -1.66. The van der Waals surface area contributed by atoms with Gasteiger partial charge < -0.3 is 15.0 Å². The summed E-state index contributed by atoms with van der Waals surface area (Å²) >= 11 is 24.3. The molecule has 0 aliphatic carbocycles. The Morgan fingerprint density at radius 3 is 2.29 bits per heavy atom. The van der Waals surface area contributed by atoms with Gasteiger partial charge >= 0.3 is 0 Å². The summed E-state index contributed by atoms with van der Waals surface area (Å²) in [6.07, 6.45) is 1.81. The molecule has 0 fully saturated rings. The van der Waals surface area contributed by atoms with Crippen molar-refractivity contribution >= 4 is 58.2 Å². The van der Waals surface area contributed by atoms with Crippen LogP contribution in [0.15, 0.2) is 36.4 Å². The minimum absolute atomic E-state index is 0.120. The van der Waals surface area contributed by atoms with Crippen molar-refractivity contribution in [2.24, 2.45) is 0 Å². The van der Waals surface area contributed by atoms with Gasteiger partial charge in [0.1, 0.15) is 11.8 Å². The van der Waals surface area contributed by atoms with Crippen LogP contribution < -0.4 is 10.1 Å². The van der Waals surface area contributed by atoms with E-state index in [1.807, 2.05) is 6.92 Å². The maximum Gasteiger partial charge on any atom is 0.261 e. The van der Waals surface area contributed by atoms with Crippen molar-refractivity contribution in [2.75, 3.05) is 13.2 Å². The average molecular weight is 506 g/mol. The van der Waals surface area contributed by atoms with Gasteiger partial charge in [-0.15, -0.1) is 0 Å². The van der Waals surface area contributed by atoms with Crippen molar-refractivity contribution < 1.29 is 14.3 Å². The number of carbonyl (C=O) groups excluding carboxylic acids is 2. The van der Waals surface area contributed by atoms with E-state index in [1.54, 1.807) is 37.3 Å². The second-order valence-corrected chi connectivity index (χ2v) is 8.63. The highest BCUT2D eigenvalue weighted by Crippen LogP contribution is 2.28. The number of amides is 2. The number of carbonyl (C=O) groups is 2. The monoisotopic (exact) mass is 504 g/mol. The van der Waals surface area contributed by atoms with Crippen LogP contribution in [0.5, 0.6) is 5.75 Å². The van der Waals surface area contributed by atoms with Crippen LogP contribution in [-0.4, -0.2) is 35.9 Å². The SMILES string of the molecule is CCCCNC(=O)C(C)N(Cc1ccc(Cl)cc1Cl)C(=O)COc1ccc(Cl)cc1Cl. The number of hydrogen-bond acceptors (Lipinski definition) is 3. The van der Waals surface area contributed by atoms with E-state index in [9.17, 15) is 9.59 Å². The van der Waals surface area contributed by atoms with Crippen molar-refractivity contribution in [3.63, 3.8) is 0 Å². The van der Waals surface area contributed by atoms with Crippen LogP contribution in [0.3, 0.4) is 0 Å². The maximum atomic E-state index is 13.0. The Bertz CT molecular complexity index is 924. The Morgan fingerprint density at radius 1 is 1.03 bits per heavy atom. The Labute approximate surface area is 202 Å². The molecule has 0 saturated carbocycles. The standard InChI is InChI=1S/C22H24Cl4N2O3/c1-3-4-9-27-22(30)14(2)28(12-15-5-6-16(23)10-18(15)25)21(29)13-31-20-8-7-17(24)11-19(20)26/h5-8,10-11,14H,3-4,9,12-13H2,1-2H3,(H,27,30). The summed E-state index contributed by atoms with van der Waals surface area (Å²) in [6.45, 7) is 4.06. The fourth-order valence-electron chi connectivity index (χ4n) is 2.77. The minimum Gasteiger partial charge on any atom is -0.482 e. The van der Waals surface area contributed by atoms with Crippen LogP contribution in [0.2, 0.25) is 20.1 Å². The van der Waals surface area contributed by atoms with E-state index in [0.717, 1.165) is 12.8 Å². The van der Waals surface area contributed by atoms with Gasteiger partial charge in [-0.2, -0.15) is 0 Å².